The molecule has 0 unspecified atom stereocenters. The number of thiazole rings is 1. The number of rotatable bonds is 9. The van der Waals surface area contributed by atoms with Gasteiger partial charge in [-0.2, -0.15) is 4.98 Å². The first-order valence-corrected chi connectivity index (χ1v) is 12.7. The van der Waals surface area contributed by atoms with Crippen LogP contribution >= 0.6 is 11.3 Å². The molecule has 0 radical (unpaired) electrons. The molecule has 2 aromatic carbocycles. The second kappa shape index (κ2) is 11.6. The zero-order valence-corrected chi connectivity index (χ0v) is 22.7. The Morgan fingerprint density at radius 2 is 1.71 bits per heavy atom. The summed E-state index contributed by atoms with van der Waals surface area (Å²) in [4.78, 5) is 29.2. The number of hydrogen-bond acceptors (Lipinski definition) is 8. The summed E-state index contributed by atoms with van der Waals surface area (Å²) in [7, 11) is 4.64. The molecule has 0 saturated heterocycles. The van der Waals surface area contributed by atoms with E-state index in [0.29, 0.717) is 28.7 Å². The third kappa shape index (κ3) is 5.91. The van der Waals surface area contributed by atoms with E-state index in [0.717, 1.165) is 16.0 Å². The van der Waals surface area contributed by atoms with Crippen LogP contribution in [0.5, 0.6) is 11.6 Å². The van der Waals surface area contributed by atoms with Crippen molar-refractivity contribution in [3.05, 3.63) is 88.4 Å². The van der Waals surface area contributed by atoms with E-state index in [-0.39, 0.29) is 18.3 Å². The maximum Gasteiger partial charge on any atom is 0.410 e. The van der Waals surface area contributed by atoms with Gasteiger partial charge >= 0.3 is 6.09 Å². The minimum atomic E-state index is -0.962. The monoisotopic (exact) mass is 536 g/mol. The van der Waals surface area contributed by atoms with Gasteiger partial charge in [-0.05, 0) is 37.1 Å². The molecule has 4 aromatic rings. The van der Waals surface area contributed by atoms with Gasteiger partial charge in [-0.1, -0.05) is 42.5 Å². The number of aromatic nitrogens is 3. The van der Waals surface area contributed by atoms with Crippen LogP contribution in [-0.4, -0.2) is 47.2 Å². The highest BCUT2D eigenvalue weighted by Gasteiger charge is 2.36. The van der Waals surface area contributed by atoms with E-state index < -0.39 is 11.6 Å². The highest BCUT2D eigenvalue weighted by Crippen LogP contribution is 2.39. The lowest BCUT2D eigenvalue weighted by Gasteiger charge is -2.33. The van der Waals surface area contributed by atoms with E-state index in [9.17, 15) is 9.18 Å². The largest absolute Gasteiger partial charge is 0.490 e. The number of benzene rings is 2. The molecule has 0 aliphatic carbocycles. The van der Waals surface area contributed by atoms with Crippen molar-refractivity contribution < 1.29 is 23.4 Å². The van der Waals surface area contributed by atoms with Gasteiger partial charge < -0.3 is 14.2 Å². The zero-order chi connectivity index (χ0) is 27.3. The quantitative estimate of drug-likeness (QED) is 0.265. The number of hydrogen-bond donors (Lipinski definition) is 0. The molecule has 2 aromatic heterocycles. The van der Waals surface area contributed by atoms with Crippen LogP contribution in [0.15, 0.2) is 60.8 Å². The summed E-state index contributed by atoms with van der Waals surface area (Å²) in [6.07, 6.45) is 1.83. The maximum atomic E-state index is 13.3. The van der Waals surface area contributed by atoms with Gasteiger partial charge in [-0.25, -0.2) is 19.2 Å². The smallest absolute Gasteiger partial charge is 0.410 e. The first-order chi connectivity index (χ1) is 18.2. The molecule has 0 aliphatic heterocycles. The molecule has 0 N–H and O–H groups in total. The van der Waals surface area contributed by atoms with Crippen LogP contribution in [-0.2, 0) is 23.3 Å². The minimum Gasteiger partial charge on any atom is -0.490 e. The lowest BCUT2D eigenvalue weighted by molar-refractivity contribution is 0.0667. The fraction of sp³-hybridized carbons (Fsp3) is 0.286. The Morgan fingerprint density at radius 1 is 1.00 bits per heavy atom. The second-order valence-electron chi connectivity index (χ2n) is 9.03. The Kier molecular flexibility index (Phi) is 8.21. The molecular formula is C28H29FN4O4S. The minimum absolute atomic E-state index is 0.147. The molecule has 0 atom stereocenters. The number of halogens is 1. The van der Waals surface area contributed by atoms with Gasteiger partial charge in [0.05, 0.1) is 14.2 Å². The molecule has 0 fully saturated rings. The van der Waals surface area contributed by atoms with Crippen LogP contribution in [0.2, 0.25) is 0 Å². The summed E-state index contributed by atoms with van der Waals surface area (Å²) in [5.41, 5.74) is 1.34. The van der Waals surface area contributed by atoms with Gasteiger partial charge in [0.1, 0.15) is 28.7 Å². The summed E-state index contributed by atoms with van der Waals surface area (Å²) < 4.78 is 29.9. The second-order valence-corrected chi connectivity index (χ2v) is 10.1. The van der Waals surface area contributed by atoms with Crippen LogP contribution in [0.3, 0.4) is 0 Å². The number of amides is 1. The van der Waals surface area contributed by atoms with Gasteiger partial charge in [0.15, 0.2) is 5.82 Å². The molecule has 0 spiro atoms. The molecule has 4 rings (SSSR count). The third-order valence-corrected chi connectivity index (χ3v) is 7.15. The molecule has 0 bridgehead atoms. The summed E-state index contributed by atoms with van der Waals surface area (Å²) in [5.74, 6) is 0.617. The van der Waals surface area contributed by atoms with Crippen molar-refractivity contribution in [2.75, 3.05) is 21.3 Å². The molecular weight excluding hydrogens is 507 g/mol. The summed E-state index contributed by atoms with van der Waals surface area (Å²) in [6.45, 7) is 3.79. The predicted octanol–water partition coefficient (Wildman–Crippen LogP) is 5.85. The van der Waals surface area contributed by atoms with Crippen molar-refractivity contribution in [2.45, 2.75) is 32.4 Å². The SMILES string of the molecule is COc1nc(C(C)(C)N(C)C(=O)OCc2ccccc2)nc(-c2ncc(Cc3ccc(F)cc3)s2)c1OC. The first kappa shape index (κ1) is 27.0. The summed E-state index contributed by atoms with van der Waals surface area (Å²) in [6, 6.07) is 15.8. The van der Waals surface area contributed by atoms with Crippen LogP contribution in [0, 0.1) is 5.82 Å². The number of ether oxygens (including phenoxy) is 3. The molecule has 8 nitrogen and oxygen atoms in total. The lowest BCUT2D eigenvalue weighted by atomic mass is 10.0. The average Bonchev–Trinajstić information content (AvgIpc) is 3.40. The van der Waals surface area contributed by atoms with Crippen molar-refractivity contribution >= 4 is 17.4 Å². The number of carbonyl (C=O) groups excluding carboxylic acids is 1. The van der Waals surface area contributed by atoms with Crippen molar-refractivity contribution in [2.24, 2.45) is 0 Å². The normalized spacial score (nSPS) is 11.2. The van der Waals surface area contributed by atoms with Gasteiger partial charge in [-0.3, -0.25) is 4.90 Å². The fourth-order valence-corrected chi connectivity index (χ4v) is 4.60. The number of methoxy groups -OCH3 is 2. The van der Waals surface area contributed by atoms with Crippen LogP contribution in [0.4, 0.5) is 9.18 Å². The highest BCUT2D eigenvalue weighted by atomic mass is 32.1. The Morgan fingerprint density at radius 3 is 2.37 bits per heavy atom. The van der Waals surface area contributed by atoms with E-state index in [4.69, 9.17) is 19.2 Å². The lowest BCUT2D eigenvalue weighted by Crippen LogP contribution is -2.44. The first-order valence-electron chi connectivity index (χ1n) is 11.9. The van der Waals surface area contributed by atoms with Crippen LogP contribution in [0.25, 0.3) is 10.7 Å². The van der Waals surface area contributed by atoms with Gasteiger partial charge in [0.25, 0.3) is 5.88 Å². The van der Waals surface area contributed by atoms with Crippen LogP contribution < -0.4 is 9.47 Å². The molecule has 1 amide bonds. The maximum absolute atomic E-state index is 13.3. The van der Waals surface area contributed by atoms with Crippen molar-refractivity contribution in [3.63, 3.8) is 0 Å². The van der Waals surface area contributed by atoms with Crippen molar-refractivity contribution in [1.82, 2.24) is 19.9 Å². The van der Waals surface area contributed by atoms with E-state index >= 15 is 0 Å². The molecule has 0 saturated carbocycles. The van der Waals surface area contributed by atoms with Crippen LogP contribution in [0.1, 0.15) is 35.7 Å². The molecule has 198 valence electrons. The average molecular weight is 537 g/mol. The number of nitrogens with zero attached hydrogens (tertiary/aromatic N) is 4. The molecule has 2 heterocycles. The highest BCUT2D eigenvalue weighted by molar-refractivity contribution is 7.15. The topological polar surface area (TPSA) is 86.7 Å². The molecule has 10 heteroatoms. The summed E-state index contributed by atoms with van der Waals surface area (Å²) >= 11 is 1.44. The van der Waals surface area contributed by atoms with E-state index in [1.54, 1.807) is 25.4 Å². The fourth-order valence-electron chi connectivity index (χ4n) is 3.67. The van der Waals surface area contributed by atoms with E-state index in [1.807, 2.05) is 44.2 Å². The number of carbonyl (C=O) groups is 1. The zero-order valence-electron chi connectivity index (χ0n) is 21.9. The Hall–Kier alpha value is -4.05. The Labute approximate surface area is 225 Å². The Bertz CT molecular complexity index is 1390. The predicted molar refractivity (Wildman–Crippen MR) is 143 cm³/mol. The van der Waals surface area contributed by atoms with Gasteiger partial charge in [0, 0.05) is 24.5 Å². The van der Waals surface area contributed by atoms with Crippen molar-refractivity contribution in [3.8, 4) is 22.3 Å². The summed E-state index contributed by atoms with van der Waals surface area (Å²) in [5, 5.41) is 0.603. The molecule has 38 heavy (non-hydrogen) atoms. The van der Waals surface area contributed by atoms with E-state index in [1.165, 1.54) is 42.6 Å². The van der Waals surface area contributed by atoms with Crippen molar-refractivity contribution in [1.29, 1.82) is 0 Å². The molecule has 0 aliphatic rings. The third-order valence-electron chi connectivity index (χ3n) is 6.14. The van der Waals surface area contributed by atoms with Gasteiger partial charge in [-0.15, -0.1) is 11.3 Å². The Balaban J connectivity index is 1.62. The van der Waals surface area contributed by atoms with E-state index in [2.05, 4.69) is 9.97 Å². The van der Waals surface area contributed by atoms with Gasteiger partial charge in [0.2, 0.25) is 5.75 Å². The standard InChI is InChI=1S/C28H29FN4O4S/c1-28(2,33(3)27(34)37-17-19-9-7-6-8-10-19)26-31-22(23(35-4)24(32-26)36-5)25-30-16-21(38-25)15-18-11-13-20(29)14-12-18/h6-14,16H,15,17H2,1-5H3.